The topological polar surface area (TPSA) is 202 Å². The predicted molar refractivity (Wildman–Crippen MR) is 105 cm³/mol. The lowest BCUT2D eigenvalue weighted by molar-refractivity contribution is -0.121. The fourth-order valence-electron chi connectivity index (χ4n) is 2.33. The highest BCUT2D eigenvalue weighted by Crippen LogP contribution is 2.25. The fourth-order valence-corrected chi connectivity index (χ4v) is 2.59. The van der Waals surface area contributed by atoms with Crippen LogP contribution in [-0.4, -0.2) is 47.5 Å². The van der Waals surface area contributed by atoms with E-state index in [1.54, 1.807) is 0 Å². The first kappa shape index (κ1) is 19.2. The molecule has 0 bridgehead atoms. The highest BCUT2D eigenvalue weighted by molar-refractivity contribution is 9.10. The van der Waals surface area contributed by atoms with E-state index in [0.717, 1.165) is 10.0 Å². The average molecular weight is 474 g/mol. The molecule has 0 saturated carbocycles. The van der Waals surface area contributed by atoms with Gasteiger partial charge in [-0.1, -0.05) is 28.1 Å². The number of halogens is 1. The lowest BCUT2D eigenvalue weighted by Crippen LogP contribution is -2.24. The Morgan fingerprint density at radius 3 is 2.40 bits per heavy atom. The molecule has 3 aromatic heterocycles. The molecule has 5 N–H and O–H groups in total. The molecule has 1 amide bonds. The molecule has 3 heterocycles. The van der Waals surface area contributed by atoms with Gasteiger partial charge < -0.3 is 11.5 Å². The fraction of sp³-hybridized carbons (Fsp3) is 0.0667. The summed E-state index contributed by atoms with van der Waals surface area (Å²) in [6.45, 7) is -0.266. The van der Waals surface area contributed by atoms with Crippen molar-refractivity contribution in [2.45, 2.75) is 6.54 Å². The Kier molecular flexibility index (Phi) is 5.17. The molecule has 14 nitrogen and oxygen atoms in total. The Morgan fingerprint density at radius 2 is 1.77 bits per heavy atom. The van der Waals surface area contributed by atoms with E-state index in [4.69, 9.17) is 11.5 Å². The summed E-state index contributed by atoms with van der Waals surface area (Å²) in [7, 11) is 0. The maximum atomic E-state index is 12.3. The van der Waals surface area contributed by atoms with Crippen molar-refractivity contribution in [1.82, 2.24) is 40.8 Å². The van der Waals surface area contributed by atoms with Crippen LogP contribution in [0.15, 0.2) is 43.1 Å². The number of anilines is 2. The third-order valence-electron chi connectivity index (χ3n) is 3.69. The standard InChI is InChI=1S/C15H12BrN11O3/c16-8-3-1-7(2-4-8)5-19-21-9(28)6-27-15(11-13(18)26-30-24-11)20-14(22-27)10-12(17)25-29-23-10/h1-5H,6H2,(H2,17,25)(H2,18,26)(H,21,28)/b19-5+. The Hall–Kier alpha value is -4.14. The van der Waals surface area contributed by atoms with Gasteiger partial charge in [-0.3, -0.25) is 4.79 Å². The number of nitrogens with zero attached hydrogens (tertiary/aromatic N) is 8. The average Bonchev–Trinajstić information content (AvgIpc) is 3.43. The van der Waals surface area contributed by atoms with E-state index in [9.17, 15) is 4.79 Å². The van der Waals surface area contributed by atoms with Gasteiger partial charge in [0.15, 0.2) is 28.8 Å². The van der Waals surface area contributed by atoms with E-state index in [1.807, 2.05) is 24.3 Å². The monoisotopic (exact) mass is 473 g/mol. The maximum absolute atomic E-state index is 12.3. The van der Waals surface area contributed by atoms with E-state index < -0.39 is 5.91 Å². The van der Waals surface area contributed by atoms with E-state index >= 15 is 0 Å². The molecule has 0 fully saturated rings. The van der Waals surface area contributed by atoms with Crippen molar-refractivity contribution in [3.8, 4) is 23.0 Å². The van der Waals surface area contributed by atoms with Gasteiger partial charge in [-0.15, -0.1) is 5.10 Å². The van der Waals surface area contributed by atoms with Gasteiger partial charge >= 0.3 is 0 Å². The predicted octanol–water partition coefficient (Wildman–Crippen LogP) is 0.455. The maximum Gasteiger partial charge on any atom is 0.261 e. The number of hydrazone groups is 1. The van der Waals surface area contributed by atoms with Gasteiger partial charge in [0.25, 0.3) is 5.91 Å². The summed E-state index contributed by atoms with van der Waals surface area (Å²) in [4.78, 5) is 16.6. The SMILES string of the molecule is Nc1nonc1-c1nc(-c2nonc2N)n(CC(=O)N/N=C/c2ccc(Br)cc2)n1. The number of hydrogen-bond acceptors (Lipinski definition) is 12. The van der Waals surface area contributed by atoms with Crippen molar-refractivity contribution in [2.75, 3.05) is 11.5 Å². The van der Waals surface area contributed by atoms with Crippen LogP contribution < -0.4 is 16.9 Å². The van der Waals surface area contributed by atoms with Gasteiger partial charge in [0.05, 0.1) is 6.21 Å². The molecular formula is C15H12BrN11O3. The molecule has 0 saturated heterocycles. The third kappa shape index (κ3) is 4.00. The van der Waals surface area contributed by atoms with Gasteiger partial charge in [-0.2, -0.15) is 5.10 Å². The van der Waals surface area contributed by atoms with Crippen LogP contribution in [0, 0.1) is 0 Å². The normalized spacial score (nSPS) is 11.2. The van der Waals surface area contributed by atoms with E-state index in [2.05, 4.69) is 66.4 Å². The summed E-state index contributed by atoms with van der Waals surface area (Å²) in [6.07, 6.45) is 1.50. The summed E-state index contributed by atoms with van der Waals surface area (Å²) in [6, 6.07) is 7.37. The smallest absolute Gasteiger partial charge is 0.261 e. The number of nitrogens with one attached hydrogen (secondary N) is 1. The molecule has 0 aliphatic rings. The summed E-state index contributed by atoms with van der Waals surface area (Å²) in [5.41, 5.74) is 14.8. The number of hydrogen-bond donors (Lipinski definition) is 3. The van der Waals surface area contributed by atoms with Crippen molar-refractivity contribution >= 4 is 39.7 Å². The van der Waals surface area contributed by atoms with Gasteiger partial charge in [0.2, 0.25) is 5.82 Å². The third-order valence-corrected chi connectivity index (χ3v) is 4.22. The Balaban J connectivity index is 1.55. The van der Waals surface area contributed by atoms with Gasteiger partial charge in [0.1, 0.15) is 6.54 Å². The second-order valence-electron chi connectivity index (χ2n) is 5.76. The number of nitrogen functional groups attached to an aromatic ring is 2. The van der Waals surface area contributed by atoms with Crippen molar-refractivity contribution in [1.29, 1.82) is 0 Å². The zero-order chi connectivity index (χ0) is 21.1. The Labute approximate surface area is 175 Å². The second-order valence-corrected chi connectivity index (χ2v) is 6.67. The van der Waals surface area contributed by atoms with Crippen LogP contribution in [0.2, 0.25) is 0 Å². The van der Waals surface area contributed by atoms with Gasteiger partial charge in [-0.25, -0.2) is 24.3 Å². The summed E-state index contributed by atoms with van der Waals surface area (Å²) >= 11 is 3.35. The van der Waals surface area contributed by atoms with E-state index in [-0.39, 0.29) is 41.2 Å². The number of amides is 1. The molecule has 0 aliphatic carbocycles. The van der Waals surface area contributed by atoms with Crippen molar-refractivity contribution in [2.24, 2.45) is 5.10 Å². The quantitative estimate of drug-likeness (QED) is 0.259. The zero-order valence-corrected chi connectivity index (χ0v) is 16.5. The molecule has 0 aliphatic heterocycles. The minimum atomic E-state index is -0.484. The van der Waals surface area contributed by atoms with Gasteiger partial charge in [-0.05, 0) is 38.3 Å². The number of benzene rings is 1. The first-order valence-corrected chi connectivity index (χ1v) is 8.99. The number of aromatic nitrogens is 7. The molecule has 0 spiro atoms. The largest absolute Gasteiger partial charge is 0.379 e. The number of nitrogens with two attached hydrogens (primary N) is 2. The molecule has 4 rings (SSSR count). The highest BCUT2D eigenvalue weighted by atomic mass is 79.9. The molecule has 1 aromatic carbocycles. The van der Waals surface area contributed by atoms with Crippen molar-refractivity contribution < 1.29 is 14.1 Å². The van der Waals surface area contributed by atoms with E-state index in [0.29, 0.717) is 0 Å². The number of rotatable bonds is 6. The van der Waals surface area contributed by atoms with E-state index in [1.165, 1.54) is 10.9 Å². The minimum absolute atomic E-state index is 0.0199. The van der Waals surface area contributed by atoms with Crippen LogP contribution in [0.1, 0.15) is 5.56 Å². The zero-order valence-electron chi connectivity index (χ0n) is 14.9. The van der Waals surface area contributed by atoms with Crippen LogP contribution in [0.5, 0.6) is 0 Å². The molecule has 30 heavy (non-hydrogen) atoms. The minimum Gasteiger partial charge on any atom is -0.379 e. The molecule has 15 heteroatoms. The summed E-state index contributed by atoms with van der Waals surface area (Å²) < 4.78 is 11.3. The molecule has 152 valence electrons. The molecule has 0 atom stereocenters. The lowest BCUT2D eigenvalue weighted by Gasteiger charge is -2.03. The van der Waals surface area contributed by atoms with Crippen LogP contribution in [-0.2, 0) is 11.3 Å². The summed E-state index contributed by atoms with van der Waals surface area (Å²) in [5, 5.41) is 22.4. The number of carbonyl (C=O) groups is 1. The summed E-state index contributed by atoms with van der Waals surface area (Å²) in [5.74, 6) is -0.374. The molecule has 4 aromatic rings. The molecule has 0 unspecified atom stereocenters. The van der Waals surface area contributed by atoms with Gasteiger partial charge in [0, 0.05) is 4.47 Å². The van der Waals surface area contributed by atoms with Crippen LogP contribution in [0.25, 0.3) is 23.0 Å². The van der Waals surface area contributed by atoms with Crippen LogP contribution in [0.3, 0.4) is 0 Å². The first-order chi connectivity index (χ1) is 14.5. The number of carbonyl (C=O) groups excluding carboxylic acids is 1. The van der Waals surface area contributed by atoms with Crippen LogP contribution in [0.4, 0.5) is 11.6 Å². The Bertz CT molecular complexity index is 1210. The highest BCUT2D eigenvalue weighted by Gasteiger charge is 2.24. The van der Waals surface area contributed by atoms with Crippen molar-refractivity contribution in [3.63, 3.8) is 0 Å². The lowest BCUT2D eigenvalue weighted by atomic mass is 10.2. The van der Waals surface area contributed by atoms with Crippen LogP contribution >= 0.6 is 15.9 Å². The van der Waals surface area contributed by atoms with Crippen molar-refractivity contribution in [3.05, 3.63) is 34.3 Å². The second kappa shape index (κ2) is 8.08. The Morgan fingerprint density at radius 1 is 1.10 bits per heavy atom. The molecular weight excluding hydrogens is 462 g/mol. The molecule has 0 radical (unpaired) electrons. The first-order valence-electron chi connectivity index (χ1n) is 8.20.